The zero-order chi connectivity index (χ0) is 14.8. The Hall–Kier alpha value is -2.81. The van der Waals surface area contributed by atoms with Crippen molar-refractivity contribution in [1.82, 2.24) is 0 Å². The van der Waals surface area contributed by atoms with Gasteiger partial charge in [-0.05, 0) is 52.2 Å². The van der Waals surface area contributed by atoms with Gasteiger partial charge in [-0.1, -0.05) is 30.3 Å². The molecule has 0 unspecified atom stereocenters. The summed E-state index contributed by atoms with van der Waals surface area (Å²) in [6.07, 6.45) is 0. The molecule has 0 aromatic heterocycles. The summed E-state index contributed by atoms with van der Waals surface area (Å²) in [6, 6.07) is 19.5. The van der Waals surface area contributed by atoms with Crippen LogP contribution in [0.15, 0.2) is 60.7 Å². The van der Waals surface area contributed by atoms with Crippen LogP contribution in [0.25, 0.3) is 21.9 Å². The van der Waals surface area contributed by atoms with Gasteiger partial charge in [-0.2, -0.15) is 0 Å². The maximum absolute atomic E-state index is 11.1. The Kier molecular flexibility index (Phi) is 3.32. The minimum absolute atomic E-state index is 0.410. The summed E-state index contributed by atoms with van der Waals surface area (Å²) in [5.74, 6) is 0.438. The highest BCUT2D eigenvalue weighted by Gasteiger charge is 2.03. The number of rotatable bonds is 3. The van der Waals surface area contributed by atoms with E-state index in [1.165, 1.54) is 0 Å². The van der Waals surface area contributed by atoms with Gasteiger partial charge in [-0.15, -0.1) is 0 Å². The Morgan fingerprint density at radius 1 is 0.857 bits per heavy atom. The first-order valence-corrected chi connectivity index (χ1v) is 6.65. The number of primary amides is 1. The molecular weight excluding hydrogens is 262 g/mol. The molecule has 0 spiro atoms. The van der Waals surface area contributed by atoms with Gasteiger partial charge in [0.1, 0.15) is 5.75 Å². The highest BCUT2D eigenvalue weighted by Crippen LogP contribution is 2.27. The van der Waals surface area contributed by atoms with Crippen LogP contribution < -0.4 is 10.5 Å². The number of amides is 1. The van der Waals surface area contributed by atoms with E-state index < -0.39 is 5.91 Å². The van der Waals surface area contributed by atoms with Gasteiger partial charge < -0.3 is 10.5 Å². The van der Waals surface area contributed by atoms with E-state index in [0.717, 1.165) is 27.6 Å². The van der Waals surface area contributed by atoms with Crippen molar-refractivity contribution in [2.75, 3.05) is 7.11 Å². The lowest BCUT2D eigenvalue weighted by Gasteiger charge is -2.06. The molecule has 3 heteroatoms. The van der Waals surface area contributed by atoms with E-state index in [9.17, 15) is 4.79 Å². The number of hydrogen-bond donors (Lipinski definition) is 1. The first kappa shape index (κ1) is 13.2. The zero-order valence-electron chi connectivity index (χ0n) is 11.7. The molecule has 104 valence electrons. The fourth-order valence-corrected chi connectivity index (χ4v) is 2.36. The van der Waals surface area contributed by atoms with Crippen LogP contribution in [0.5, 0.6) is 5.75 Å². The number of carbonyl (C=O) groups excluding carboxylic acids is 1. The van der Waals surface area contributed by atoms with Crippen molar-refractivity contribution in [1.29, 1.82) is 0 Å². The number of methoxy groups -OCH3 is 1. The molecule has 0 aliphatic heterocycles. The molecule has 2 N–H and O–H groups in total. The van der Waals surface area contributed by atoms with Crippen LogP contribution in [0.4, 0.5) is 0 Å². The van der Waals surface area contributed by atoms with Crippen molar-refractivity contribution in [3.8, 4) is 16.9 Å². The number of carbonyl (C=O) groups is 1. The fraction of sp³-hybridized carbons (Fsp3) is 0.0556. The van der Waals surface area contributed by atoms with Gasteiger partial charge in [0, 0.05) is 5.56 Å². The van der Waals surface area contributed by atoms with Crippen LogP contribution in [-0.4, -0.2) is 13.0 Å². The maximum Gasteiger partial charge on any atom is 0.248 e. The van der Waals surface area contributed by atoms with Crippen molar-refractivity contribution in [2.24, 2.45) is 5.73 Å². The zero-order valence-corrected chi connectivity index (χ0v) is 11.7. The van der Waals surface area contributed by atoms with Crippen LogP contribution in [0.3, 0.4) is 0 Å². The topological polar surface area (TPSA) is 52.3 Å². The third-order valence-corrected chi connectivity index (χ3v) is 3.55. The lowest BCUT2D eigenvalue weighted by molar-refractivity contribution is 0.100. The highest BCUT2D eigenvalue weighted by molar-refractivity contribution is 5.93. The van der Waals surface area contributed by atoms with E-state index in [-0.39, 0.29) is 0 Å². The summed E-state index contributed by atoms with van der Waals surface area (Å²) in [5.41, 5.74) is 7.93. The summed E-state index contributed by atoms with van der Waals surface area (Å²) in [7, 11) is 1.66. The Morgan fingerprint density at radius 3 is 2.14 bits per heavy atom. The quantitative estimate of drug-likeness (QED) is 0.795. The number of fused-ring (bicyclic) bond motifs is 1. The van der Waals surface area contributed by atoms with Crippen molar-refractivity contribution >= 4 is 16.7 Å². The predicted octanol–water partition coefficient (Wildman–Crippen LogP) is 3.61. The molecule has 3 nitrogen and oxygen atoms in total. The van der Waals surface area contributed by atoms with Crippen molar-refractivity contribution in [2.45, 2.75) is 0 Å². The molecule has 3 aromatic rings. The summed E-state index contributed by atoms with van der Waals surface area (Å²) in [4.78, 5) is 11.1. The Labute approximate surface area is 123 Å². The van der Waals surface area contributed by atoms with Gasteiger partial charge in [0.05, 0.1) is 7.11 Å². The summed E-state index contributed by atoms with van der Waals surface area (Å²) >= 11 is 0. The van der Waals surface area contributed by atoms with E-state index in [1.807, 2.05) is 30.3 Å². The number of ether oxygens (including phenoxy) is 1. The Morgan fingerprint density at radius 2 is 1.48 bits per heavy atom. The molecule has 0 saturated carbocycles. The highest BCUT2D eigenvalue weighted by atomic mass is 16.5. The van der Waals surface area contributed by atoms with Crippen LogP contribution in [-0.2, 0) is 0 Å². The molecule has 3 rings (SSSR count). The third-order valence-electron chi connectivity index (χ3n) is 3.55. The molecule has 0 bridgehead atoms. The van der Waals surface area contributed by atoms with Gasteiger partial charge in [0.15, 0.2) is 0 Å². The van der Waals surface area contributed by atoms with E-state index >= 15 is 0 Å². The first-order valence-electron chi connectivity index (χ1n) is 6.65. The number of nitrogens with two attached hydrogens (primary N) is 1. The predicted molar refractivity (Wildman–Crippen MR) is 84.5 cm³/mol. The second kappa shape index (κ2) is 5.29. The van der Waals surface area contributed by atoms with Gasteiger partial charge in [-0.25, -0.2) is 0 Å². The largest absolute Gasteiger partial charge is 0.497 e. The molecule has 0 aliphatic carbocycles. The Balaban J connectivity index is 2.02. The molecule has 21 heavy (non-hydrogen) atoms. The lowest BCUT2D eigenvalue weighted by atomic mass is 10.00. The first-order chi connectivity index (χ1) is 10.2. The number of benzene rings is 3. The third kappa shape index (κ3) is 2.58. The van der Waals surface area contributed by atoms with Gasteiger partial charge in [0.2, 0.25) is 5.91 Å². The smallest absolute Gasteiger partial charge is 0.248 e. The second-order valence-corrected chi connectivity index (χ2v) is 4.87. The normalized spacial score (nSPS) is 10.5. The van der Waals surface area contributed by atoms with Crippen molar-refractivity contribution in [3.63, 3.8) is 0 Å². The molecule has 0 saturated heterocycles. The van der Waals surface area contributed by atoms with Crippen LogP contribution in [0.2, 0.25) is 0 Å². The van der Waals surface area contributed by atoms with Gasteiger partial charge in [0.25, 0.3) is 0 Å². The molecular formula is C18H15NO2. The van der Waals surface area contributed by atoms with E-state index in [0.29, 0.717) is 5.56 Å². The monoisotopic (exact) mass is 277 g/mol. The SMILES string of the molecule is COc1ccc2cc(-c3ccc(C(N)=O)cc3)ccc2c1. The molecule has 0 atom stereocenters. The van der Waals surface area contributed by atoms with Crippen LogP contribution >= 0.6 is 0 Å². The molecule has 0 fully saturated rings. The van der Waals surface area contributed by atoms with Crippen LogP contribution in [0.1, 0.15) is 10.4 Å². The van der Waals surface area contributed by atoms with E-state index in [1.54, 1.807) is 19.2 Å². The fourth-order valence-electron chi connectivity index (χ4n) is 2.36. The molecule has 0 heterocycles. The number of hydrogen-bond acceptors (Lipinski definition) is 2. The summed E-state index contributed by atoms with van der Waals surface area (Å²) in [6.45, 7) is 0. The molecule has 1 amide bonds. The van der Waals surface area contributed by atoms with Crippen molar-refractivity contribution in [3.05, 3.63) is 66.2 Å². The minimum Gasteiger partial charge on any atom is -0.497 e. The summed E-state index contributed by atoms with van der Waals surface area (Å²) in [5, 5.41) is 2.28. The van der Waals surface area contributed by atoms with Gasteiger partial charge in [-0.3, -0.25) is 4.79 Å². The van der Waals surface area contributed by atoms with Crippen molar-refractivity contribution < 1.29 is 9.53 Å². The molecule has 0 aliphatic rings. The average Bonchev–Trinajstić information content (AvgIpc) is 2.54. The Bertz CT molecular complexity index is 807. The van der Waals surface area contributed by atoms with Gasteiger partial charge >= 0.3 is 0 Å². The standard InChI is InChI=1S/C18H15NO2/c1-21-17-9-8-15-10-14(6-7-16(15)11-17)12-2-4-13(5-3-12)18(19)20/h2-11H,1H3,(H2,19,20). The van der Waals surface area contributed by atoms with Crippen LogP contribution in [0, 0.1) is 0 Å². The average molecular weight is 277 g/mol. The second-order valence-electron chi connectivity index (χ2n) is 4.87. The lowest BCUT2D eigenvalue weighted by Crippen LogP contribution is -2.10. The minimum atomic E-state index is -0.410. The maximum atomic E-state index is 11.1. The molecule has 3 aromatic carbocycles. The summed E-state index contributed by atoms with van der Waals surface area (Å²) < 4.78 is 5.23. The molecule has 0 radical (unpaired) electrons. The van der Waals surface area contributed by atoms with E-state index in [4.69, 9.17) is 10.5 Å². The van der Waals surface area contributed by atoms with E-state index in [2.05, 4.69) is 18.2 Å².